The van der Waals surface area contributed by atoms with Crippen molar-refractivity contribution in [1.82, 2.24) is 9.80 Å². The Bertz CT molecular complexity index is 399. The highest BCUT2D eigenvalue weighted by atomic mass is 16.4. The number of aliphatic carboxylic acids is 1. The molecule has 6 heteroatoms. The molecule has 0 spiro atoms. The molecule has 0 aromatic carbocycles. The van der Waals surface area contributed by atoms with Crippen molar-refractivity contribution < 1.29 is 19.8 Å². The first-order valence-electron chi connectivity index (χ1n) is 7.86. The Morgan fingerprint density at radius 2 is 1.90 bits per heavy atom. The molecule has 120 valence electrons. The predicted molar refractivity (Wildman–Crippen MR) is 77.9 cm³/mol. The number of urea groups is 1. The molecular weight excluding hydrogens is 272 g/mol. The second-order valence-corrected chi connectivity index (χ2v) is 6.46. The summed E-state index contributed by atoms with van der Waals surface area (Å²) in [5.74, 6) is -0.490. The first-order chi connectivity index (χ1) is 9.91. The van der Waals surface area contributed by atoms with Crippen LogP contribution in [0.5, 0.6) is 0 Å². The summed E-state index contributed by atoms with van der Waals surface area (Å²) in [4.78, 5) is 27.2. The summed E-state index contributed by atoms with van der Waals surface area (Å²) >= 11 is 0. The summed E-state index contributed by atoms with van der Waals surface area (Å²) in [6.45, 7) is 1.84. The second-order valence-electron chi connectivity index (χ2n) is 6.46. The topological polar surface area (TPSA) is 81.1 Å². The average Bonchev–Trinajstić information content (AvgIpc) is 2.44. The zero-order valence-electron chi connectivity index (χ0n) is 12.9. The Morgan fingerprint density at radius 1 is 1.24 bits per heavy atom. The van der Waals surface area contributed by atoms with E-state index in [0.717, 1.165) is 25.7 Å². The molecular formula is C15H26N2O4. The third kappa shape index (κ3) is 3.48. The van der Waals surface area contributed by atoms with Crippen LogP contribution in [0.15, 0.2) is 0 Å². The van der Waals surface area contributed by atoms with Gasteiger partial charge in [-0.3, -0.25) is 0 Å². The van der Waals surface area contributed by atoms with Crippen molar-refractivity contribution in [3.05, 3.63) is 0 Å². The van der Waals surface area contributed by atoms with Gasteiger partial charge in [0.15, 0.2) is 0 Å². The van der Waals surface area contributed by atoms with Crippen LogP contribution in [0, 0.1) is 5.92 Å². The van der Waals surface area contributed by atoms with Crippen molar-refractivity contribution in [3.63, 3.8) is 0 Å². The fourth-order valence-corrected chi connectivity index (χ4v) is 3.82. The minimum atomic E-state index is -0.919. The maximum Gasteiger partial charge on any atom is 0.326 e. The van der Waals surface area contributed by atoms with Gasteiger partial charge in [-0.05, 0) is 38.5 Å². The molecule has 4 unspecified atom stereocenters. The van der Waals surface area contributed by atoms with E-state index < -0.39 is 18.1 Å². The Hall–Kier alpha value is -1.30. The van der Waals surface area contributed by atoms with Crippen LogP contribution in [0.1, 0.15) is 45.4 Å². The van der Waals surface area contributed by atoms with Crippen LogP contribution >= 0.6 is 0 Å². The molecule has 2 fully saturated rings. The third-order valence-corrected chi connectivity index (χ3v) is 4.74. The lowest BCUT2D eigenvalue weighted by atomic mass is 9.76. The maximum atomic E-state index is 12.7. The van der Waals surface area contributed by atoms with Gasteiger partial charge in [0.05, 0.1) is 6.10 Å². The van der Waals surface area contributed by atoms with Crippen LogP contribution < -0.4 is 0 Å². The number of rotatable bonds is 3. The summed E-state index contributed by atoms with van der Waals surface area (Å²) in [5.41, 5.74) is 0. The van der Waals surface area contributed by atoms with E-state index in [-0.39, 0.29) is 18.6 Å². The lowest BCUT2D eigenvalue weighted by Crippen LogP contribution is -2.60. The second kappa shape index (κ2) is 6.64. The number of carbonyl (C=O) groups excluding carboxylic acids is 1. The summed E-state index contributed by atoms with van der Waals surface area (Å²) in [5, 5.41) is 18.9. The van der Waals surface area contributed by atoms with E-state index in [1.807, 2.05) is 0 Å². The number of likely N-dealkylation sites (N-methyl/N-ethyl adjacent to an activating group) is 1. The van der Waals surface area contributed by atoms with Crippen LogP contribution in [0.3, 0.4) is 0 Å². The van der Waals surface area contributed by atoms with Gasteiger partial charge in [0.2, 0.25) is 0 Å². The van der Waals surface area contributed by atoms with Crippen molar-refractivity contribution >= 4 is 12.0 Å². The first kappa shape index (κ1) is 16.1. The number of carboxylic acids is 1. The normalized spacial score (nSPS) is 30.4. The van der Waals surface area contributed by atoms with E-state index in [1.165, 1.54) is 11.3 Å². The number of amides is 2. The smallest absolute Gasteiger partial charge is 0.326 e. The maximum absolute atomic E-state index is 12.7. The van der Waals surface area contributed by atoms with Gasteiger partial charge in [-0.25, -0.2) is 9.59 Å². The van der Waals surface area contributed by atoms with Crippen LogP contribution in [0.2, 0.25) is 0 Å². The van der Waals surface area contributed by atoms with E-state index in [2.05, 4.69) is 0 Å². The van der Waals surface area contributed by atoms with E-state index in [1.54, 1.807) is 18.9 Å². The van der Waals surface area contributed by atoms with E-state index >= 15 is 0 Å². The third-order valence-electron chi connectivity index (χ3n) is 4.74. The molecule has 1 aliphatic heterocycles. The minimum absolute atomic E-state index is 0.0394. The lowest BCUT2D eigenvalue weighted by molar-refractivity contribution is -0.146. The number of hydrogen-bond acceptors (Lipinski definition) is 3. The molecule has 1 saturated carbocycles. The number of aliphatic hydroxyl groups excluding tert-OH is 1. The number of aliphatic hydroxyl groups is 1. The molecule has 1 aliphatic carbocycles. The van der Waals surface area contributed by atoms with Crippen LogP contribution in [-0.2, 0) is 4.79 Å². The van der Waals surface area contributed by atoms with Gasteiger partial charge in [0.1, 0.15) is 6.04 Å². The molecule has 21 heavy (non-hydrogen) atoms. The first-order valence-corrected chi connectivity index (χ1v) is 7.86. The summed E-state index contributed by atoms with van der Waals surface area (Å²) in [6.07, 6.45) is 5.01. The number of hydrogen-bond donors (Lipinski definition) is 2. The van der Waals surface area contributed by atoms with E-state index in [0.29, 0.717) is 12.3 Å². The van der Waals surface area contributed by atoms with Gasteiger partial charge in [0.25, 0.3) is 0 Å². The lowest BCUT2D eigenvalue weighted by Gasteiger charge is -2.48. The molecule has 1 saturated heterocycles. The van der Waals surface area contributed by atoms with Crippen molar-refractivity contribution in [1.29, 1.82) is 0 Å². The number of likely N-dealkylation sites (tertiary alicyclic amines) is 1. The van der Waals surface area contributed by atoms with Gasteiger partial charge >= 0.3 is 12.0 Å². The molecule has 0 aromatic rings. The van der Waals surface area contributed by atoms with E-state index in [4.69, 9.17) is 0 Å². The van der Waals surface area contributed by atoms with Gasteiger partial charge < -0.3 is 20.0 Å². The molecule has 0 bridgehead atoms. The zero-order chi connectivity index (χ0) is 15.6. The van der Waals surface area contributed by atoms with Gasteiger partial charge in [-0.2, -0.15) is 0 Å². The molecule has 2 rings (SSSR count). The Kier molecular flexibility index (Phi) is 5.08. The van der Waals surface area contributed by atoms with Gasteiger partial charge in [0, 0.05) is 19.6 Å². The monoisotopic (exact) mass is 298 g/mol. The van der Waals surface area contributed by atoms with Crippen molar-refractivity contribution in [3.8, 4) is 0 Å². The summed E-state index contributed by atoms with van der Waals surface area (Å²) in [7, 11) is 1.63. The average molecular weight is 298 g/mol. The van der Waals surface area contributed by atoms with Crippen LogP contribution in [0.25, 0.3) is 0 Å². The predicted octanol–water partition coefficient (Wildman–Crippen LogP) is 1.53. The van der Waals surface area contributed by atoms with Crippen LogP contribution in [0.4, 0.5) is 4.79 Å². The summed E-state index contributed by atoms with van der Waals surface area (Å²) < 4.78 is 0. The van der Waals surface area contributed by atoms with Gasteiger partial charge in [-0.1, -0.05) is 12.8 Å². The highest BCUT2D eigenvalue weighted by molar-refractivity contribution is 5.83. The van der Waals surface area contributed by atoms with Crippen LogP contribution in [-0.4, -0.2) is 63.8 Å². The zero-order valence-corrected chi connectivity index (χ0v) is 12.9. The highest BCUT2D eigenvalue weighted by Gasteiger charge is 2.44. The number of piperidine rings is 1. The quantitative estimate of drug-likeness (QED) is 0.828. The van der Waals surface area contributed by atoms with Crippen molar-refractivity contribution in [2.45, 2.75) is 63.6 Å². The van der Waals surface area contributed by atoms with E-state index in [9.17, 15) is 19.8 Å². The molecule has 2 N–H and O–H groups in total. The SMILES string of the molecule is CC(O)CN(C)C(=O)N1C(C(=O)O)CCC2CCCCC21. The number of nitrogens with zero attached hydrogens (tertiary/aromatic N) is 2. The Labute approximate surface area is 125 Å². The van der Waals surface area contributed by atoms with Crippen molar-refractivity contribution in [2.24, 2.45) is 5.92 Å². The minimum Gasteiger partial charge on any atom is -0.480 e. The molecule has 2 amide bonds. The molecule has 6 nitrogen and oxygen atoms in total. The number of carboxylic acid groups (broad SMARTS) is 1. The fourth-order valence-electron chi connectivity index (χ4n) is 3.82. The molecule has 0 radical (unpaired) electrons. The standard InChI is InChI=1S/C15H26N2O4/c1-10(18)9-16(2)15(21)17-12-6-4-3-5-11(12)7-8-13(17)14(19)20/h10-13,18H,3-9H2,1-2H3,(H,19,20). The highest BCUT2D eigenvalue weighted by Crippen LogP contribution is 2.38. The fraction of sp³-hybridized carbons (Fsp3) is 0.867. The largest absolute Gasteiger partial charge is 0.480 e. The Morgan fingerprint density at radius 3 is 2.52 bits per heavy atom. The number of carbonyl (C=O) groups is 2. The molecule has 0 aromatic heterocycles. The molecule has 4 atom stereocenters. The number of fused-ring (bicyclic) bond motifs is 1. The summed E-state index contributed by atoms with van der Waals surface area (Å²) in [6, 6.07) is -0.953. The van der Waals surface area contributed by atoms with Gasteiger partial charge in [-0.15, -0.1) is 0 Å². The molecule has 1 heterocycles. The van der Waals surface area contributed by atoms with Crippen molar-refractivity contribution in [2.75, 3.05) is 13.6 Å². The molecule has 2 aliphatic rings. The Balaban J connectivity index is 2.19.